The summed E-state index contributed by atoms with van der Waals surface area (Å²) in [5.41, 5.74) is 2.32. The van der Waals surface area contributed by atoms with E-state index in [0.29, 0.717) is 5.92 Å². The van der Waals surface area contributed by atoms with Crippen molar-refractivity contribution in [1.29, 1.82) is 0 Å². The van der Waals surface area contributed by atoms with E-state index in [2.05, 4.69) is 75.2 Å². The highest BCUT2D eigenvalue weighted by Gasteiger charge is 2.25. The van der Waals surface area contributed by atoms with E-state index < -0.39 is 0 Å². The van der Waals surface area contributed by atoms with Crippen molar-refractivity contribution < 1.29 is 0 Å². The number of nitrogens with one attached hydrogen (secondary N) is 1. The van der Waals surface area contributed by atoms with Crippen LogP contribution in [0.2, 0.25) is 0 Å². The van der Waals surface area contributed by atoms with Crippen LogP contribution in [0.25, 0.3) is 0 Å². The van der Waals surface area contributed by atoms with Crippen LogP contribution in [0.5, 0.6) is 0 Å². The molecule has 5 nitrogen and oxygen atoms in total. The minimum Gasteiger partial charge on any atom is -0.356 e. The molecule has 0 amide bonds. The molecule has 29 heavy (non-hydrogen) atoms. The highest BCUT2D eigenvalue weighted by molar-refractivity contribution is 14.0. The van der Waals surface area contributed by atoms with Crippen molar-refractivity contribution in [2.75, 3.05) is 32.4 Å². The zero-order valence-corrected chi connectivity index (χ0v) is 21.1. The van der Waals surface area contributed by atoms with Gasteiger partial charge in [-0.2, -0.15) is 5.10 Å². The third-order valence-corrected chi connectivity index (χ3v) is 6.47. The zero-order chi connectivity index (χ0) is 19.9. The fraction of sp³-hybridized carbons (Fsp3) is 0.545. The highest BCUT2D eigenvalue weighted by atomic mass is 127. The molecular formula is C22H34IN5S. The van der Waals surface area contributed by atoms with Gasteiger partial charge in [-0.1, -0.05) is 25.1 Å². The predicted molar refractivity (Wildman–Crippen MR) is 134 cm³/mol. The van der Waals surface area contributed by atoms with Crippen molar-refractivity contribution >= 4 is 41.7 Å². The van der Waals surface area contributed by atoms with Crippen LogP contribution >= 0.6 is 35.7 Å². The summed E-state index contributed by atoms with van der Waals surface area (Å²) >= 11 is 1.97. The van der Waals surface area contributed by atoms with Crippen LogP contribution in [0.4, 0.5) is 0 Å². The predicted octanol–water partition coefficient (Wildman–Crippen LogP) is 4.44. The minimum atomic E-state index is 0. The number of benzene rings is 1. The Labute approximate surface area is 196 Å². The molecule has 1 N–H and O–H groups in total. The number of nitrogens with zero attached hydrogens (tertiary/aromatic N) is 4. The van der Waals surface area contributed by atoms with Crippen LogP contribution in [-0.2, 0) is 6.54 Å². The van der Waals surface area contributed by atoms with Gasteiger partial charge in [0.1, 0.15) is 0 Å². The second-order valence-electron chi connectivity index (χ2n) is 7.87. The Morgan fingerprint density at radius 1 is 1.31 bits per heavy atom. The summed E-state index contributed by atoms with van der Waals surface area (Å²) in [4.78, 5) is 8.30. The summed E-state index contributed by atoms with van der Waals surface area (Å²) in [6.07, 6.45) is 1.24. The van der Waals surface area contributed by atoms with Gasteiger partial charge in [0.2, 0.25) is 0 Å². The van der Waals surface area contributed by atoms with Crippen molar-refractivity contribution in [2.45, 2.75) is 38.6 Å². The van der Waals surface area contributed by atoms with E-state index in [1.165, 1.54) is 22.8 Å². The molecule has 1 aromatic heterocycles. The quantitative estimate of drug-likeness (QED) is 0.250. The average molecular weight is 528 g/mol. The van der Waals surface area contributed by atoms with Gasteiger partial charge in [-0.15, -0.1) is 35.7 Å². The Balaban J connectivity index is 0.00000300. The van der Waals surface area contributed by atoms with Crippen molar-refractivity contribution in [2.24, 2.45) is 16.8 Å². The lowest BCUT2D eigenvalue weighted by Crippen LogP contribution is -2.42. The number of aliphatic imine (C=N–C) groups is 1. The van der Waals surface area contributed by atoms with E-state index >= 15 is 0 Å². The molecule has 1 saturated heterocycles. The lowest BCUT2D eigenvalue weighted by Gasteiger charge is -2.23. The number of likely N-dealkylation sites (tertiary alicyclic amines) is 1. The number of aromatic nitrogens is 2. The molecule has 1 aromatic carbocycles. The Bertz CT molecular complexity index is 777. The van der Waals surface area contributed by atoms with Crippen LogP contribution in [0.1, 0.15) is 24.7 Å². The maximum Gasteiger partial charge on any atom is 0.193 e. The lowest BCUT2D eigenvalue weighted by atomic mass is 10.2. The SMILES string of the molecule is CN=C(NCC(C)Cn1nc(C)cc1C)N1CCC(CSc2ccccc2)C1.I. The molecule has 3 rings (SSSR count). The first-order valence-corrected chi connectivity index (χ1v) is 11.2. The van der Waals surface area contributed by atoms with E-state index in [-0.39, 0.29) is 24.0 Å². The zero-order valence-electron chi connectivity index (χ0n) is 18.0. The summed E-state index contributed by atoms with van der Waals surface area (Å²) in [6, 6.07) is 12.8. The third-order valence-electron chi connectivity index (χ3n) is 5.22. The number of thioether (sulfide) groups is 1. The molecule has 2 atom stereocenters. The molecule has 1 aliphatic heterocycles. The van der Waals surface area contributed by atoms with Gasteiger partial charge in [0.05, 0.1) is 5.69 Å². The molecule has 0 radical (unpaired) electrons. The smallest absolute Gasteiger partial charge is 0.193 e. The molecule has 2 heterocycles. The number of aryl methyl sites for hydroxylation is 2. The van der Waals surface area contributed by atoms with Crippen LogP contribution in [0.3, 0.4) is 0 Å². The van der Waals surface area contributed by atoms with Gasteiger partial charge in [0.25, 0.3) is 0 Å². The number of rotatable bonds is 7. The standard InChI is InChI=1S/C22H33N5S.HI/c1-17(14-27-19(3)12-18(2)25-27)13-24-22(23-4)26-11-10-20(15-26)16-28-21-8-6-5-7-9-21;/h5-9,12,17,20H,10-11,13-16H2,1-4H3,(H,23,24);1H. The molecule has 2 aromatic rings. The third kappa shape index (κ3) is 7.20. The fourth-order valence-electron chi connectivity index (χ4n) is 3.71. The van der Waals surface area contributed by atoms with Crippen molar-refractivity contribution in [3.63, 3.8) is 0 Å². The van der Waals surface area contributed by atoms with Crippen LogP contribution in [0.15, 0.2) is 46.3 Å². The van der Waals surface area contributed by atoms with Crippen molar-refractivity contribution in [1.82, 2.24) is 20.0 Å². The number of hydrogen-bond donors (Lipinski definition) is 1. The van der Waals surface area contributed by atoms with Crippen molar-refractivity contribution in [3.8, 4) is 0 Å². The average Bonchev–Trinajstić information content (AvgIpc) is 3.28. The van der Waals surface area contributed by atoms with E-state index in [9.17, 15) is 0 Å². The monoisotopic (exact) mass is 527 g/mol. The summed E-state index contributed by atoms with van der Waals surface area (Å²) in [5.74, 6) is 3.41. The van der Waals surface area contributed by atoms with Gasteiger partial charge in [-0.25, -0.2) is 0 Å². The largest absolute Gasteiger partial charge is 0.356 e. The maximum atomic E-state index is 4.58. The van der Waals surface area contributed by atoms with E-state index in [1.54, 1.807) is 0 Å². The topological polar surface area (TPSA) is 45.5 Å². The second kappa shape index (κ2) is 11.8. The summed E-state index contributed by atoms with van der Waals surface area (Å²) in [6.45, 7) is 10.5. The molecule has 0 bridgehead atoms. The van der Waals surface area contributed by atoms with Crippen molar-refractivity contribution in [3.05, 3.63) is 47.8 Å². The summed E-state index contributed by atoms with van der Waals surface area (Å²) in [5, 5.41) is 8.16. The molecule has 0 aliphatic carbocycles. The molecule has 0 spiro atoms. The van der Waals surface area contributed by atoms with Gasteiger partial charge in [0, 0.05) is 49.6 Å². The number of halogens is 1. The maximum absolute atomic E-state index is 4.58. The van der Waals surface area contributed by atoms with Gasteiger partial charge >= 0.3 is 0 Å². The molecular weight excluding hydrogens is 493 g/mol. The Morgan fingerprint density at radius 3 is 2.72 bits per heavy atom. The van der Waals surface area contributed by atoms with E-state index in [0.717, 1.165) is 43.8 Å². The minimum absolute atomic E-state index is 0. The second-order valence-corrected chi connectivity index (χ2v) is 8.96. The van der Waals surface area contributed by atoms with E-state index in [1.807, 2.05) is 25.7 Å². The number of guanidine groups is 1. The van der Waals surface area contributed by atoms with Gasteiger partial charge in [-0.05, 0) is 50.3 Å². The molecule has 2 unspecified atom stereocenters. The van der Waals surface area contributed by atoms with Crippen LogP contribution < -0.4 is 5.32 Å². The first-order chi connectivity index (χ1) is 13.5. The normalized spacial score (nSPS) is 17.9. The molecule has 160 valence electrons. The first kappa shape index (κ1) is 24.1. The van der Waals surface area contributed by atoms with E-state index in [4.69, 9.17) is 0 Å². The van der Waals surface area contributed by atoms with Crippen LogP contribution in [-0.4, -0.2) is 53.1 Å². The Morgan fingerprint density at radius 2 is 2.07 bits per heavy atom. The lowest BCUT2D eigenvalue weighted by molar-refractivity contribution is 0.418. The van der Waals surface area contributed by atoms with Gasteiger partial charge < -0.3 is 10.2 Å². The summed E-state index contributed by atoms with van der Waals surface area (Å²) < 4.78 is 2.11. The first-order valence-electron chi connectivity index (χ1n) is 10.2. The Hall–Kier alpha value is -1.22. The molecule has 1 aliphatic rings. The molecule has 1 fully saturated rings. The molecule has 0 saturated carbocycles. The highest BCUT2D eigenvalue weighted by Crippen LogP contribution is 2.25. The summed E-state index contributed by atoms with van der Waals surface area (Å²) in [7, 11) is 1.89. The fourth-order valence-corrected chi connectivity index (χ4v) is 4.76. The van der Waals surface area contributed by atoms with Gasteiger partial charge in [0.15, 0.2) is 5.96 Å². The Kier molecular flexibility index (Phi) is 9.82. The molecule has 7 heteroatoms. The van der Waals surface area contributed by atoms with Gasteiger partial charge in [-0.3, -0.25) is 9.67 Å². The number of hydrogen-bond acceptors (Lipinski definition) is 3. The van der Waals surface area contributed by atoms with Crippen LogP contribution in [0, 0.1) is 25.7 Å².